The quantitative estimate of drug-likeness (QED) is 0.324. The summed E-state index contributed by atoms with van der Waals surface area (Å²) in [6.07, 6.45) is -7.26. The average molecular weight is 301 g/mol. The Labute approximate surface area is 118 Å². The fourth-order valence-corrected chi connectivity index (χ4v) is 2.45. The lowest BCUT2D eigenvalue weighted by Gasteiger charge is -2.46. The lowest BCUT2D eigenvalue weighted by molar-refractivity contribution is -0.390. The second-order valence-electron chi connectivity index (χ2n) is 4.73. The fraction of sp³-hybridized carbons (Fsp3) is 0.500. The van der Waals surface area contributed by atoms with Gasteiger partial charge in [-0.2, -0.15) is 0 Å². The molecule has 1 heterocycles. The second-order valence-corrected chi connectivity index (χ2v) is 4.73. The molecule has 1 aliphatic heterocycles. The van der Waals surface area contributed by atoms with Gasteiger partial charge in [-0.1, -0.05) is 12.1 Å². The molecule has 0 saturated carbocycles. The predicted molar refractivity (Wildman–Crippen MR) is 67.0 cm³/mol. The van der Waals surface area contributed by atoms with Crippen molar-refractivity contribution in [3.05, 3.63) is 39.9 Å². The first kappa shape index (κ1) is 15.8. The van der Waals surface area contributed by atoms with Crippen molar-refractivity contribution in [1.82, 2.24) is 0 Å². The Hall–Kier alpha value is -1.62. The van der Waals surface area contributed by atoms with E-state index in [1.165, 1.54) is 18.2 Å². The van der Waals surface area contributed by atoms with E-state index < -0.39 is 47.4 Å². The molecule has 1 aromatic rings. The summed E-state index contributed by atoms with van der Waals surface area (Å²) < 4.78 is 4.85. The monoisotopic (exact) mass is 301 g/mol. The maximum absolute atomic E-state index is 11.1. The summed E-state index contributed by atoms with van der Waals surface area (Å²) >= 11 is 0. The highest BCUT2D eigenvalue weighted by molar-refractivity contribution is 5.45. The third-order valence-corrected chi connectivity index (χ3v) is 3.56. The SMILES string of the molecule is O=[N+]([O-])c1ccccc1[C@]1(O)[C@H](O)[C@@H](O)[C@H](O)O[C@@H]1CO. The van der Waals surface area contributed by atoms with Crippen LogP contribution < -0.4 is 0 Å². The number of aliphatic hydroxyl groups is 5. The molecule has 116 valence electrons. The normalized spacial score (nSPS) is 36.4. The number of hydrogen-bond acceptors (Lipinski definition) is 8. The minimum absolute atomic E-state index is 0.326. The molecule has 9 heteroatoms. The summed E-state index contributed by atoms with van der Waals surface area (Å²) in [6.45, 7) is -0.830. The number of benzene rings is 1. The number of ether oxygens (including phenoxy) is 1. The topological polar surface area (TPSA) is 154 Å². The molecule has 0 spiro atoms. The Kier molecular flexibility index (Phi) is 4.23. The second kappa shape index (κ2) is 5.64. The molecule has 2 rings (SSSR count). The fourth-order valence-electron chi connectivity index (χ4n) is 2.45. The van der Waals surface area contributed by atoms with E-state index in [4.69, 9.17) is 4.74 Å². The molecular formula is C12H15NO8. The van der Waals surface area contributed by atoms with Gasteiger partial charge in [-0.15, -0.1) is 0 Å². The minimum Gasteiger partial charge on any atom is -0.394 e. The van der Waals surface area contributed by atoms with E-state index in [-0.39, 0.29) is 5.56 Å². The van der Waals surface area contributed by atoms with Gasteiger partial charge in [0.05, 0.1) is 17.1 Å². The van der Waals surface area contributed by atoms with Gasteiger partial charge < -0.3 is 30.3 Å². The molecule has 0 amide bonds. The zero-order valence-electron chi connectivity index (χ0n) is 10.7. The Morgan fingerprint density at radius 2 is 1.90 bits per heavy atom. The highest BCUT2D eigenvalue weighted by Crippen LogP contribution is 2.41. The summed E-state index contributed by atoms with van der Waals surface area (Å²) in [7, 11) is 0. The van der Waals surface area contributed by atoms with Crippen molar-refractivity contribution in [1.29, 1.82) is 0 Å². The van der Waals surface area contributed by atoms with Gasteiger partial charge in [0.1, 0.15) is 18.3 Å². The largest absolute Gasteiger partial charge is 0.394 e. The van der Waals surface area contributed by atoms with Crippen molar-refractivity contribution < 1.29 is 35.2 Å². The smallest absolute Gasteiger partial charge is 0.275 e. The lowest BCUT2D eigenvalue weighted by Crippen LogP contribution is -2.65. The number of nitro groups is 1. The number of aliphatic hydroxyl groups excluding tert-OH is 4. The van der Waals surface area contributed by atoms with E-state index in [1.54, 1.807) is 0 Å². The van der Waals surface area contributed by atoms with Crippen LogP contribution in [0.25, 0.3) is 0 Å². The molecule has 5 N–H and O–H groups in total. The Bertz CT molecular complexity index is 534. The standard InChI is InChI=1S/C12H15NO8/c14-5-8-12(18,10(16)9(15)11(17)21-8)6-3-1-2-4-7(6)13(19)20/h1-4,8-11,14-18H,5H2/t8-,9-,10-,11-,12-/m1/s1. The van der Waals surface area contributed by atoms with Crippen molar-refractivity contribution in [2.45, 2.75) is 30.2 Å². The third-order valence-electron chi connectivity index (χ3n) is 3.56. The van der Waals surface area contributed by atoms with Crippen molar-refractivity contribution in [3.8, 4) is 0 Å². The van der Waals surface area contributed by atoms with E-state index in [0.717, 1.165) is 6.07 Å². The predicted octanol–water partition coefficient (Wildman–Crippen LogP) is -1.79. The van der Waals surface area contributed by atoms with Crippen LogP contribution in [0, 0.1) is 10.1 Å². The summed E-state index contributed by atoms with van der Waals surface area (Å²) in [6, 6.07) is 5.03. The van der Waals surface area contributed by atoms with Gasteiger partial charge in [0, 0.05) is 6.07 Å². The maximum Gasteiger partial charge on any atom is 0.275 e. The molecule has 0 aliphatic carbocycles. The third kappa shape index (κ3) is 2.39. The van der Waals surface area contributed by atoms with Crippen LogP contribution >= 0.6 is 0 Å². The van der Waals surface area contributed by atoms with Crippen molar-refractivity contribution >= 4 is 5.69 Å². The molecule has 0 bridgehead atoms. The molecule has 0 aromatic heterocycles. The summed E-state index contributed by atoms with van der Waals surface area (Å²) in [5, 5.41) is 60.1. The molecule has 0 radical (unpaired) electrons. The molecule has 9 nitrogen and oxygen atoms in total. The van der Waals surface area contributed by atoms with E-state index in [2.05, 4.69) is 0 Å². The Morgan fingerprint density at radius 1 is 1.29 bits per heavy atom. The first-order valence-electron chi connectivity index (χ1n) is 6.10. The maximum atomic E-state index is 11.1. The number of hydrogen-bond donors (Lipinski definition) is 5. The van der Waals surface area contributed by atoms with Gasteiger partial charge in [-0.25, -0.2) is 0 Å². The van der Waals surface area contributed by atoms with E-state index in [9.17, 15) is 35.6 Å². The first-order chi connectivity index (χ1) is 9.83. The summed E-state index contributed by atoms with van der Waals surface area (Å²) in [4.78, 5) is 10.3. The van der Waals surface area contributed by atoms with Gasteiger partial charge in [0.15, 0.2) is 11.9 Å². The Morgan fingerprint density at radius 3 is 2.48 bits per heavy atom. The minimum atomic E-state index is -2.45. The van der Waals surface area contributed by atoms with Gasteiger partial charge in [-0.05, 0) is 6.07 Å². The van der Waals surface area contributed by atoms with Crippen LogP contribution in [-0.2, 0) is 10.3 Å². The summed E-state index contributed by atoms with van der Waals surface area (Å²) in [5.41, 5.74) is -3.28. The van der Waals surface area contributed by atoms with Crippen LogP contribution in [0.3, 0.4) is 0 Å². The molecule has 5 atom stereocenters. The molecule has 1 fully saturated rings. The zero-order valence-corrected chi connectivity index (χ0v) is 10.7. The number of nitro benzene ring substituents is 1. The lowest BCUT2D eigenvalue weighted by atomic mass is 9.78. The van der Waals surface area contributed by atoms with Crippen LogP contribution in [0.1, 0.15) is 5.56 Å². The van der Waals surface area contributed by atoms with Crippen LogP contribution in [0.2, 0.25) is 0 Å². The van der Waals surface area contributed by atoms with Gasteiger partial charge >= 0.3 is 0 Å². The first-order valence-corrected chi connectivity index (χ1v) is 6.10. The van der Waals surface area contributed by atoms with Crippen LogP contribution in [0.4, 0.5) is 5.69 Å². The van der Waals surface area contributed by atoms with E-state index in [0.29, 0.717) is 0 Å². The van der Waals surface area contributed by atoms with Crippen molar-refractivity contribution in [2.75, 3.05) is 6.61 Å². The molecule has 1 saturated heterocycles. The van der Waals surface area contributed by atoms with E-state index in [1.807, 2.05) is 0 Å². The Balaban J connectivity index is 2.59. The van der Waals surface area contributed by atoms with Gasteiger partial charge in [0.2, 0.25) is 0 Å². The number of para-hydroxylation sites is 1. The van der Waals surface area contributed by atoms with Gasteiger partial charge in [0.25, 0.3) is 5.69 Å². The van der Waals surface area contributed by atoms with Gasteiger partial charge in [-0.3, -0.25) is 10.1 Å². The van der Waals surface area contributed by atoms with Crippen LogP contribution in [0.15, 0.2) is 24.3 Å². The number of rotatable bonds is 3. The molecule has 0 unspecified atom stereocenters. The van der Waals surface area contributed by atoms with E-state index >= 15 is 0 Å². The molecular weight excluding hydrogens is 286 g/mol. The molecule has 21 heavy (non-hydrogen) atoms. The molecule has 1 aliphatic rings. The molecule has 1 aromatic carbocycles. The highest BCUT2D eigenvalue weighted by atomic mass is 16.6. The number of nitrogens with zero attached hydrogens (tertiary/aromatic N) is 1. The summed E-state index contributed by atoms with van der Waals surface area (Å²) in [5.74, 6) is 0. The zero-order chi connectivity index (χ0) is 15.8. The average Bonchev–Trinajstić information content (AvgIpc) is 2.48. The highest BCUT2D eigenvalue weighted by Gasteiger charge is 2.57. The van der Waals surface area contributed by atoms with Crippen LogP contribution in [0.5, 0.6) is 0 Å². The van der Waals surface area contributed by atoms with Crippen molar-refractivity contribution in [2.24, 2.45) is 0 Å². The van der Waals surface area contributed by atoms with Crippen molar-refractivity contribution in [3.63, 3.8) is 0 Å². The van der Waals surface area contributed by atoms with Crippen LogP contribution in [-0.4, -0.2) is 61.7 Å².